The van der Waals surface area contributed by atoms with E-state index in [-0.39, 0.29) is 6.04 Å². The molecule has 16 heavy (non-hydrogen) atoms. The predicted molar refractivity (Wildman–Crippen MR) is 69.8 cm³/mol. The van der Waals surface area contributed by atoms with Gasteiger partial charge in [0.25, 0.3) is 0 Å². The van der Waals surface area contributed by atoms with Crippen molar-refractivity contribution in [3.63, 3.8) is 0 Å². The Labute approximate surface area is 101 Å². The van der Waals surface area contributed by atoms with E-state index in [1.54, 1.807) is 11.3 Å². The summed E-state index contributed by atoms with van der Waals surface area (Å²) in [7, 11) is 0. The molecule has 0 saturated carbocycles. The number of nitrogens with two attached hydrogens (primary N) is 1. The van der Waals surface area contributed by atoms with E-state index >= 15 is 0 Å². The standard InChI is InChI=1S/C13H18N2S/c1-2-13(14)7-11-3-5-15(8-11)9-12-4-6-16-10-12/h3-6,8,10,13H,2,7,9,14H2,1H3. The minimum absolute atomic E-state index is 0.289. The second-order valence-electron chi connectivity index (χ2n) is 4.20. The first kappa shape index (κ1) is 11.4. The first-order valence-electron chi connectivity index (χ1n) is 5.69. The molecule has 2 aromatic rings. The summed E-state index contributed by atoms with van der Waals surface area (Å²) in [5.74, 6) is 0. The van der Waals surface area contributed by atoms with Crippen molar-refractivity contribution in [2.75, 3.05) is 0 Å². The average Bonchev–Trinajstić information content (AvgIpc) is 2.91. The second kappa shape index (κ2) is 5.32. The zero-order valence-corrected chi connectivity index (χ0v) is 10.4. The highest BCUT2D eigenvalue weighted by Gasteiger charge is 2.03. The monoisotopic (exact) mass is 234 g/mol. The van der Waals surface area contributed by atoms with Gasteiger partial charge in [-0.2, -0.15) is 11.3 Å². The summed E-state index contributed by atoms with van der Waals surface area (Å²) in [5.41, 5.74) is 8.65. The van der Waals surface area contributed by atoms with Gasteiger partial charge in [-0.05, 0) is 46.9 Å². The third-order valence-corrected chi connectivity index (χ3v) is 3.51. The number of hydrogen-bond donors (Lipinski definition) is 1. The molecule has 2 N–H and O–H groups in total. The summed E-state index contributed by atoms with van der Waals surface area (Å²) in [6.45, 7) is 3.10. The van der Waals surface area contributed by atoms with E-state index in [9.17, 15) is 0 Å². The molecule has 0 amide bonds. The number of nitrogens with zero attached hydrogens (tertiary/aromatic N) is 1. The van der Waals surface area contributed by atoms with E-state index in [0.717, 1.165) is 19.4 Å². The average molecular weight is 234 g/mol. The molecule has 3 heteroatoms. The Morgan fingerprint density at radius 3 is 2.94 bits per heavy atom. The maximum Gasteiger partial charge on any atom is 0.0478 e. The van der Waals surface area contributed by atoms with Crippen molar-refractivity contribution in [1.29, 1.82) is 0 Å². The fourth-order valence-corrected chi connectivity index (χ4v) is 2.41. The topological polar surface area (TPSA) is 30.9 Å². The molecular formula is C13H18N2S. The van der Waals surface area contributed by atoms with Crippen LogP contribution in [0.2, 0.25) is 0 Å². The van der Waals surface area contributed by atoms with E-state index in [1.807, 2.05) is 0 Å². The van der Waals surface area contributed by atoms with Crippen LogP contribution in [0.5, 0.6) is 0 Å². The van der Waals surface area contributed by atoms with Gasteiger partial charge in [-0.15, -0.1) is 0 Å². The predicted octanol–water partition coefficient (Wildman–Crippen LogP) is 2.88. The fourth-order valence-electron chi connectivity index (χ4n) is 1.75. The Morgan fingerprint density at radius 2 is 2.25 bits per heavy atom. The summed E-state index contributed by atoms with van der Waals surface area (Å²) >= 11 is 1.75. The fraction of sp³-hybridized carbons (Fsp3) is 0.385. The summed E-state index contributed by atoms with van der Waals surface area (Å²) < 4.78 is 2.22. The van der Waals surface area contributed by atoms with Gasteiger partial charge in [0.2, 0.25) is 0 Å². The molecule has 0 radical (unpaired) electrons. The molecule has 0 aliphatic rings. The molecule has 2 nitrogen and oxygen atoms in total. The van der Waals surface area contributed by atoms with Gasteiger partial charge in [0, 0.05) is 25.0 Å². The van der Waals surface area contributed by atoms with Crippen LogP contribution in [0.3, 0.4) is 0 Å². The lowest BCUT2D eigenvalue weighted by Crippen LogP contribution is -2.21. The third-order valence-electron chi connectivity index (χ3n) is 2.78. The highest BCUT2D eigenvalue weighted by atomic mass is 32.1. The van der Waals surface area contributed by atoms with Crippen LogP contribution in [0, 0.1) is 0 Å². The lowest BCUT2D eigenvalue weighted by atomic mass is 10.1. The van der Waals surface area contributed by atoms with E-state index < -0.39 is 0 Å². The van der Waals surface area contributed by atoms with Gasteiger partial charge < -0.3 is 10.3 Å². The van der Waals surface area contributed by atoms with Crippen molar-refractivity contribution < 1.29 is 0 Å². The Bertz CT molecular complexity index is 417. The van der Waals surface area contributed by atoms with E-state index in [2.05, 4.69) is 46.8 Å². The SMILES string of the molecule is CCC(N)Cc1ccn(Cc2ccsc2)c1. The van der Waals surface area contributed by atoms with E-state index in [4.69, 9.17) is 5.73 Å². The van der Waals surface area contributed by atoms with Crippen molar-refractivity contribution in [3.05, 3.63) is 46.4 Å². The van der Waals surface area contributed by atoms with Gasteiger partial charge in [0.05, 0.1) is 0 Å². The van der Waals surface area contributed by atoms with Crippen molar-refractivity contribution in [2.45, 2.75) is 32.4 Å². The number of hydrogen-bond acceptors (Lipinski definition) is 2. The Balaban J connectivity index is 1.97. The van der Waals surface area contributed by atoms with Gasteiger partial charge >= 0.3 is 0 Å². The molecule has 2 rings (SSSR count). The summed E-state index contributed by atoms with van der Waals surface area (Å²) in [6, 6.07) is 4.63. The molecule has 1 unspecified atom stereocenters. The molecule has 0 aromatic carbocycles. The second-order valence-corrected chi connectivity index (χ2v) is 4.98. The number of rotatable bonds is 5. The lowest BCUT2D eigenvalue weighted by molar-refractivity contribution is 0.645. The molecule has 1 atom stereocenters. The summed E-state index contributed by atoms with van der Waals surface area (Å²) in [4.78, 5) is 0. The van der Waals surface area contributed by atoms with Gasteiger partial charge in [0.15, 0.2) is 0 Å². The van der Waals surface area contributed by atoms with Crippen LogP contribution < -0.4 is 5.73 Å². The smallest absolute Gasteiger partial charge is 0.0478 e. The molecule has 2 heterocycles. The molecule has 86 valence electrons. The maximum absolute atomic E-state index is 5.94. The van der Waals surface area contributed by atoms with E-state index in [1.165, 1.54) is 11.1 Å². The minimum Gasteiger partial charge on any atom is -0.350 e. The van der Waals surface area contributed by atoms with E-state index in [0.29, 0.717) is 0 Å². The van der Waals surface area contributed by atoms with Crippen LogP contribution in [-0.4, -0.2) is 10.6 Å². The molecule has 0 bridgehead atoms. The maximum atomic E-state index is 5.94. The number of aromatic nitrogens is 1. The van der Waals surface area contributed by atoms with Crippen molar-refractivity contribution in [2.24, 2.45) is 5.73 Å². The van der Waals surface area contributed by atoms with Crippen LogP contribution in [0.4, 0.5) is 0 Å². The first-order valence-corrected chi connectivity index (χ1v) is 6.63. The highest BCUT2D eigenvalue weighted by Crippen LogP contribution is 2.11. The molecule has 2 aromatic heterocycles. The zero-order chi connectivity index (χ0) is 11.4. The van der Waals surface area contributed by atoms with Gasteiger partial charge in [0.1, 0.15) is 0 Å². The van der Waals surface area contributed by atoms with Gasteiger partial charge in [-0.25, -0.2) is 0 Å². The van der Waals surface area contributed by atoms with Gasteiger partial charge in [-0.1, -0.05) is 6.92 Å². The van der Waals surface area contributed by atoms with Gasteiger partial charge in [-0.3, -0.25) is 0 Å². The minimum atomic E-state index is 0.289. The van der Waals surface area contributed by atoms with Crippen molar-refractivity contribution in [1.82, 2.24) is 4.57 Å². The molecule has 0 saturated heterocycles. The van der Waals surface area contributed by atoms with Crippen LogP contribution >= 0.6 is 11.3 Å². The van der Waals surface area contributed by atoms with Crippen LogP contribution in [0.15, 0.2) is 35.3 Å². The number of thiophene rings is 1. The molecule has 0 fully saturated rings. The molecule has 0 aliphatic heterocycles. The molecule has 0 spiro atoms. The molecule has 0 aliphatic carbocycles. The normalized spacial score (nSPS) is 12.9. The summed E-state index contributed by atoms with van der Waals surface area (Å²) in [5, 5.41) is 4.31. The quantitative estimate of drug-likeness (QED) is 0.847. The van der Waals surface area contributed by atoms with Crippen LogP contribution in [0.25, 0.3) is 0 Å². The Kier molecular flexibility index (Phi) is 3.80. The molecular weight excluding hydrogens is 216 g/mol. The van der Waals surface area contributed by atoms with Crippen molar-refractivity contribution >= 4 is 11.3 Å². The first-order chi connectivity index (χ1) is 7.78. The van der Waals surface area contributed by atoms with Crippen LogP contribution in [-0.2, 0) is 13.0 Å². The van der Waals surface area contributed by atoms with Crippen LogP contribution in [0.1, 0.15) is 24.5 Å². The zero-order valence-electron chi connectivity index (χ0n) is 9.60. The van der Waals surface area contributed by atoms with Crippen molar-refractivity contribution in [3.8, 4) is 0 Å². The summed E-state index contributed by atoms with van der Waals surface area (Å²) in [6.07, 6.45) is 6.35. The Morgan fingerprint density at radius 1 is 1.38 bits per heavy atom. The third kappa shape index (κ3) is 2.97. The lowest BCUT2D eigenvalue weighted by Gasteiger charge is -2.06. The Hall–Kier alpha value is -1.06. The largest absolute Gasteiger partial charge is 0.350 e. The highest BCUT2D eigenvalue weighted by molar-refractivity contribution is 7.07.